The van der Waals surface area contributed by atoms with Crippen molar-refractivity contribution in [2.24, 2.45) is 0 Å². The highest BCUT2D eigenvalue weighted by atomic mass is 35.5. The Morgan fingerprint density at radius 1 is 1.06 bits per heavy atom. The van der Waals surface area contributed by atoms with E-state index in [4.69, 9.17) is 27.9 Å². The number of H-pyrrole nitrogens is 1. The Hall–Kier alpha value is -3.72. The molecule has 0 aliphatic carbocycles. The molecule has 5 nitrogen and oxygen atoms in total. The first kappa shape index (κ1) is 21.5. The lowest BCUT2D eigenvalue weighted by Gasteiger charge is -2.08. The summed E-state index contributed by atoms with van der Waals surface area (Å²) in [5, 5.41) is 13.6. The van der Waals surface area contributed by atoms with Crippen molar-refractivity contribution >= 4 is 51.8 Å². The number of hydrogen-bond acceptors (Lipinski definition) is 3. The van der Waals surface area contributed by atoms with Crippen LogP contribution in [-0.4, -0.2) is 10.9 Å². The molecular weight excluding hydrogens is 445 g/mol. The van der Waals surface area contributed by atoms with Crippen LogP contribution in [0.2, 0.25) is 10.0 Å². The lowest BCUT2D eigenvalue weighted by Crippen LogP contribution is -2.14. The number of para-hydroxylation sites is 1. The van der Waals surface area contributed by atoms with Crippen molar-refractivity contribution in [2.45, 2.75) is 6.61 Å². The first-order valence-electron chi connectivity index (χ1n) is 9.70. The van der Waals surface area contributed by atoms with Gasteiger partial charge in [0.05, 0.1) is 15.7 Å². The molecule has 0 saturated carbocycles. The quantitative estimate of drug-likeness (QED) is 0.250. The number of halogens is 2. The zero-order valence-electron chi connectivity index (χ0n) is 16.7. The zero-order valence-corrected chi connectivity index (χ0v) is 18.2. The van der Waals surface area contributed by atoms with Crippen molar-refractivity contribution < 1.29 is 9.53 Å². The summed E-state index contributed by atoms with van der Waals surface area (Å²) in [4.78, 5) is 15.8. The summed E-state index contributed by atoms with van der Waals surface area (Å²) in [7, 11) is 0. The van der Waals surface area contributed by atoms with Crippen molar-refractivity contribution in [1.82, 2.24) is 4.98 Å². The third-order valence-electron chi connectivity index (χ3n) is 4.80. The maximum absolute atomic E-state index is 12.7. The molecule has 0 radical (unpaired) electrons. The molecule has 0 unspecified atom stereocenters. The van der Waals surface area contributed by atoms with Gasteiger partial charge in [0.1, 0.15) is 24.0 Å². The van der Waals surface area contributed by atoms with Crippen LogP contribution in [-0.2, 0) is 11.4 Å². The highest BCUT2D eigenvalue weighted by molar-refractivity contribution is 6.40. The summed E-state index contributed by atoms with van der Waals surface area (Å²) < 4.78 is 5.90. The molecule has 3 aromatic carbocycles. The number of nitrogens with one attached hydrogen (secondary N) is 2. The van der Waals surface area contributed by atoms with E-state index in [-0.39, 0.29) is 21.3 Å². The molecular formula is C25H17Cl2N3O2. The molecule has 7 heteroatoms. The highest BCUT2D eigenvalue weighted by Crippen LogP contribution is 2.31. The standard InChI is InChI=1S/C25H17Cl2N3O2/c26-21-7-4-8-22(27)24(21)30-25(31)17(13-28)11-18-14-29-23-10-9-19(12-20(18)23)32-15-16-5-2-1-3-6-16/h1-12,14,29H,15H2,(H,30,31)/b17-11+. The third kappa shape index (κ3) is 4.78. The molecule has 1 heterocycles. The lowest BCUT2D eigenvalue weighted by molar-refractivity contribution is -0.112. The van der Waals surface area contributed by atoms with Crippen molar-refractivity contribution in [3.05, 3.63) is 99.7 Å². The minimum atomic E-state index is -0.603. The molecule has 4 rings (SSSR count). The Labute approximate surface area is 194 Å². The number of hydrogen-bond donors (Lipinski definition) is 2. The number of rotatable bonds is 6. The minimum Gasteiger partial charge on any atom is -0.489 e. The van der Waals surface area contributed by atoms with Crippen LogP contribution >= 0.6 is 23.2 Å². The fourth-order valence-corrected chi connectivity index (χ4v) is 3.67. The normalized spacial score (nSPS) is 11.2. The van der Waals surface area contributed by atoms with Gasteiger partial charge in [-0.25, -0.2) is 0 Å². The molecule has 0 bridgehead atoms. The molecule has 0 aliphatic heterocycles. The van der Waals surface area contributed by atoms with Gasteiger partial charge in [-0.15, -0.1) is 0 Å². The number of benzene rings is 3. The number of aromatic nitrogens is 1. The summed E-state index contributed by atoms with van der Waals surface area (Å²) in [5.74, 6) is 0.0785. The molecule has 0 aliphatic rings. The van der Waals surface area contributed by atoms with E-state index in [0.717, 1.165) is 16.5 Å². The van der Waals surface area contributed by atoms with Gasteiger partial charge in [0.15, 0.2) is 0 Å². The van der Waals surface area contributed by atoms with Crippen LogP contribution in [0.3, 0.4) is 0 Å². The number of ether oxygens (including phenoxy) is 1. The predicted molar refractivity (Wildman–Crippen MR) is 128 cm³/mol. The summed E-state index contributed by atoms with van der Waals surface area (Å²) in [6.07, 6.45) is 3.25. The Morgan fingerprint density at radius 3 is 2.53 bits per heavy atom. The van der Waals surface area contributed by atoms with E-state index in [1.165, 1.54) is 6.08 Å². The minimum absolute atomic E-state index is 0.0857. The van der Waals surface area contributed by atoms with Crippen LogP contribution < -0.4 is 10.1 Å². The fourth-order valence-electron chi connectivity index (χ4n) is 3.17. The molecule has 0 spiro atoms. The van der Waals surface area contributed by atoms with Crippen LogP contribution in [0.1, 0.15) is 11.1 Å². The van der Waals surface area contributed by atoms with E-state index >= 15 is 0 Å². The molecule has 1 amide bonds. The van der Waals surface area contributed by atoms with Crippen molar-refractivity contribution in [3.63, 3.8) is 0 Å². The Balaban J connectivity index is 1.58. The lowest BCUT2D eigenvalue weighted by atomic mass is 10.1. The second kappa shape index (κ2) is 9.61. The predicted octanol–water partition coefficient (Wildman–Crippen LogP) is 6.60. The molecule has 0 atom stereocenters. The molecule has 4 aromatic rings. The van der Waals surface area contributed by atoms with E-state index in [1.54, 1.807) is 24.4 Å². The number of aromatic amines is 1. The molecule has 0 fully saturated rings. The van der Waals surface area contributed by atoms with Gasteiger partial charge in [0.2, 0.25) is 0 Å². The van der Waals surface area contributed by atoms with E-state index in [0.29, 0.717) is 17.9 Å². The first-order chi connectivity index (χ1) is 15.5. The summed E-state index contributed by atoms with van der Waals surface area (Å²) in [6.45, 7) is 0.437. The van der Waals surface area contributed by atoms with Gasteiger partial charge in [0.25, 0.3) is 5.91 Å². The maximum atomic E-state index is 12.7. The average molecular weight is 462 g/mol. The summed E-state index contributed by atoms with van der Waals surface area (Å²) >= 11 is 12.2. The topological polar surface area (TPSA) is 77.9 Å². The molecule has 158 valence electrons. The van der Waals surface area contributed by atoms with Gasteiger partial charge < -0.3 is 15.0 Å². The Morgan fingerprint density at radius 2 is 1.81 bits per heavy atom. The number of nitriles is 1. The second-order valence-corrected chi connectivity index (χ2v) is 7.76. The van der Waals surface area contributed by atoms with Crippen molar-refractivity contribution in [1.29, 1.82) is 5.26 Å². The monoisotopic (exact) mass is 461 g/mol. The molecule has 2 N–H and O–H groups in total. The van der Waals surface area contributed by atoms with E-state index < -0.39 is 5.91 Å². The summed E-state index contributed by atoms with van der Waals surface area (Å²) in [5.41, 5.74) is 2.77. The number of amides is 1. The van der Waals surface area contributed by atoms with Crippen LogP contribution in [0.5, 0.6) is 5.75 Å². The van der Waals surface area contributed by atoms with Crippen LogP contribution in [0, 0.1) is 11.3 Å². The molecule has 1 aromatic heterocycles. The SMILES string of the molecule is N#C/C(=C\c1c[nH]c2ccc(OCc3ccccc3)cc12)C(=O)Nc1c(Cl)cccc1Cl. The van der Waals surface area contributed by atoms with Gasteiger partial charge in [-0.1, -0.05) is 59.6 Å². The number of fused-ring (bicyclic) bond motifs is 1. The van der Waals surface area contributed by atoms with Gasteiger partial charge in [-0.05, 0) is 42.0 Å². The van der Waals surface area contributed by atoms with Crippen molar-refractivity contribution in [3.8, 4) is 11.8 Å². The second-order valence-electron chi connectivity index (χ2n) is 6.95. The van der Waals surface area contributed by atoms with E-state index in [1.807, 2.05) is 54.6 Å². The average Bonchev–Trinajstić information content (AvgIpc) is 3.21. The van der Waals surface area contributed by atoms with Gasteiger partial charge in [-0.2, -0.15) is 5.26 Å². The summed E-state index contributed by atoms with van der Waals surface area (Å²) in [6, 6.07) is 22.3. The van der Waals surface area contributed by atoms with E-state index in [2.05, 4.69) is 10.3 Å². The highest BCUT2D eigenvalue weighted by Gasteiger charge is 2.15. The first-order valence-corrected chi connectivity index (χ1v) is 10.5. The smallest absolute Gasteiger partial charge is 0.266 e. The van der Waals surface area contributed by atoms with Crippen LogP contribution in [0.4, 0.5) is 5.69 Å². The van der Waals surface area contributed by atoms with E-state index in [9.17, 15) is 10.1 Å². The number of carbonyl (C=O) groups excluding carboxylic acids is 1. The largest absolute Gasteiger partial charge is 0.489 e. The Bertz CT molecular complexity index is 1330. The van der Waals surface area contributed by atoms with Crippen LogP contribution in [0.25, 0.3) is 17.0 Å². The van der Waals surface area contributed by atoms with Gasteiger partial charge in [0, 0.05) is 22.7 Å². The molecule has 0 saturated heterocycles. The van der Waals surface area contributed by atoms with Gasteiger partial charge in [-0.3, -0.25) is 4.79 Å². The number of carbonyl (C=O) groups is 1. The number of anilines is 1. The van der Waals surface area contributed by atoms with Gasteiger partial charge >= 0.3 is 0 Å². The maximum Gasteiger partial charge on any atom is 0.266 e. The van der Waals surface area contributed by atoms with Crippen LogP contribution in [0.15, 0.2) is 78.5 Å². The van der Waals surface area contributed by atoms with Crippen molar-refractivity contribution in [2.75, 3.05) is 5.32 Å². The zero-order chi connectivity index (χ0) is 22.5. The third-order valence-corrected chi connectivity index (χ3v) is 5.43. The molecule has 32 heavy (non-hydrogen) atoms. The Kier molecular flexibility index (Phi) is 6.46. The fraction of sp³-hybridized carbons (Fsp3) is 0.0400. The number of nitrogens with zero attached hydrogens (tertiary/aromatic N) is 1.